The Morgan fingerprint density at radius 3 is 2.42 bits per heavy atom. The first-order valence-corrected chi connectivity index (χ1v) is 14.3. The molecule has 3 aromatic carbocycles. The van der Waals surface area contributed by atoms with Crippen LogP contribution in [0.3, 0.4) is 0 Å². The van der Waals surface area contributed by atoms with Gasteiger partial charge in [0.1, 0.15) is 17.9 Å². The maximum absolute atomic E-state index is 13.4. The van der Waals surface area contributed by atoms with E-state index in [9.17, 15) is 14.7 Å². The van der Waals surface area contributed by atoms with Crippen LogP contribution in [0.25, 0.3) is 11.1 Å². The van der Waals surface area contributed by atoms with E-state index in [0.29, 0.717) is 35.7 Å². The Balaban J connectivity index is 0.00000294. The minimum Gasteiger partial charge on any atom is -1.00 e. The van der Waals surface area contributed by atoms with E-state index in [0.717, 1.165) is 23.1 Å². The Morgan fingerprint density at radius 2 is 1.75 bits per heavy atom. The Hall–Kier alpha value is -3.21. The third kappa shape index (κ3) is 8.15. The van der Waals surface area contributed by atoms with E-state index in [2.05, 4.69) is 17.4 Å². The number of aliphatic carboxylic acids is 1. The molecule has 0 aliphatic carbocycles. The van der Waals surface area contributed by atoms with Gasteiger partial charge < -0.3 is 21.0 Å². The first kappa shape index (κ1) is 31.3. The third-order valence-electron chi connectivity index (χ3n) is 6.56. The van der Waals surface area contributed by atoms with Crippen molar-refractivity contribution in [3.8, 4) is 11.1 Å². The van der Waals surface area contributed by atoms with Gasteiger partial charge in [-0.1, -0.05) is 60.7 Å². The fraction of sp³-hybridized carbons (Fsp3) is 0.250. The number of nitrogens with one attached hydrogen (secondary N) is 1. The van der Waals surface area contributed by atoms with Gasteiger partial charge in [-0.25, -0.2) is 4.79 Å². The number of carboxylic acid groups (broad SMARTS) is 1. The van der Waals surface area contributed by atoms with Crippen LogP contribution in [0.5, 0.6) is 0 Å². The zero-order valence-corrected chi connectivity index (χ0v) is 23.9. The Morgan fingerprint density at radius 1 is 1.00 bits per heavy atom. The zero-order chi connectivity index (χ0) is 27.6. The zero-order valence-electron chi connectivity index (χ0n) is 24.1. The van der Waals surface area contributed by atoms with E-state index in [4.69, 9.17) is 9.15 Å². The van der Waals surface area contributed by atoms with E-state index in [1.54, 1.807) is 24.1 Å². The first-order valence-electron chi connectivity index (χ1n) is 12.9. The van der Waals surface area contributed by atoms with Gasteiger partial charge in [-0.15, -0.1) is 0 Å². The SMILES string of the molecule is CSCCC(NC(=O)c1ccc(C(OCCc2ccccc2)c2ccco2)cc1-c1ccccc1C)C(=O)O.[H-].[Li+]. The van der Waals surface area contributed by atoms with Gasteiger partial charge in [0.05, 0.1) is 12.9 Å². The van der Waals surface area contributed by atoms with Crippen molar-refractivity contribution in [2.24, 2.45) is 0 Å². The van der Waals surface area contributed by atoms with Gasteiger partial charge in [-0.3, -0.25) is 4.79 Å². The van der Waals surface area contributed by atoms with E-state index < -0.39 is 24.0 Å². The number of benzene rings is 3. The van der Waals surface area contributed by atoms with Crippen LogP contribution in [0.2, 0.25) is 0 Å². The number of ether oxygens (including phenoxy) is 1. The van der Waals surface area contributed by atoms with Gasteiger partial charge in [0.15, 0.2) is 0 Å². The number of amides is 1. The Labute approximate surface area is 253 Å². The van der Waals surface area contributed by atoms with Crippen LogP contribution in [0.1, 0.15) is 46.8 Å². The average Bonchev–Trinajstić information content (AvgIpc) is 3.48. The molecular weight excluding hydrogens is 517 g/mol. The molecule has 204 valence electrons. The average molecular weight is 552 g/mol. The van der Waals surface area contributed by atoms with Crippen molar-refractivity contribution < 1.29 is 44.1 Å². The molecule has 0 radical (unpaired) electrons. The molecule has 2 unspecified atom stereocenters. The second-order valence-electron chi connectivity index (χ2n) is 9.27. The molecule has 2 N–H and O–H groups in total. The van der Waals surface area contributed by atoms with Crippen LogP contribution < -0.4 is 24.2 Å². The summed E-state index contributed by atoms with van der Waals surface area (Å²) in [4.78, 5) is 25.2. The normalized spacial score (nSPS) is 12.2. The predicted molar refractivity (Wildman–Crippen MR) is 156 cm³/mol. The molecule has 1 aromatic heterocycles. The number of rotatable bonds is 13. The number of thioether (sulfide) groups is 1. The van der Waals surface area contributed by atoms with Gasteiger partial charge in [0, 0.05) is 5.56 Å². The first-order chi connectivity index (χ1) is 19.0. The molecule has 0 aliphatic heterocycles. The predicted octanol–water partition coefficient (Wildman–Crippen LogP) is 3.66. The summed E-state index contributed by atoms with van der Waals surface area (Å²) < 4.78 is 12.1. The summed E-state index contributed by atoms with van der Waals surface area (Å²) in [5, 5.41) is 12.4. The summed E-state index contributed by atoms with van der Waals surface area (Å²) in [6.45, 7) is 2.47. The standard InChI is InChI=1S/C32H33NO5S.Li.H/c1-22-9-6-7-12-25(22)27-21-24(14-15-26(27)31(34)33-28(32(35)36)17-20-39-2)30(29-13-8-18-37-29)38-19-16-23-10-4-3-5-11-23;;/h3-15,18,21,28,30H,16-17,19-20H2,1-2H3,(H,33,34)(H,35,36);;/q;+1;-1. The molecule has 1 heterocycles. The molecule has 1 amide bonds. The number of carboxylic acids is 1. The second kappa shape index (κ2) is 15.5. The Kier molecular flexibility index (Phi) is 12.2. The maximum atomic E-state index is 13.4. The molecule has 0 bridgehead atoms. The number of carbonyl (C=O) groups is 2. The minimum atomic E-state index is -1.05. The molecule has 0 saturated carbocycles. The quantitative estimate of drug-likeness (QED) is 0.247. The maximum Gasteiger partial charge on any atom is 1.00 e. The number of hydrogen-bond acceptors (Lipinski definition) is 5. The topological polar surface area (TPSA) is 88.8 Å². The van der Waals surface area contributed by atoms with Crippen molar-refractivity contribution in [1.82, 2.24) is 5.32 Å². The second-order valence-corrected chi connectivity index (χ2v) is 10.3. The van der Waals surface area contributed by atoms with Crippen molar-refractivity contribution in [2.75, 3.05) is 18.6 Å². The number of hydrogen-bond donors (Lipinski definition) is 2. The van der Waals surface area contributed by atoms with Crippen molar-refractivity contribution in [3.63, 3.8) is 0 Å². The smallest absolute Gasteiger partial charge is 1.00 e. The van der Waals surface area contributed by atoms with Crippen LogP contribution in [0.15, 0.2) is 95.6 Å². The van der Waals surface area contributed by atoms with Gasteiger partial charge in [-0.05, 0) is 83.9 Å². The number of furan rings is 1. The summed E-state index contributed by atoms with van der Waals surface area (Å²) >= 11 is 1.54. The van der Waals surface area contributed by atoms with E-state index >= 15 is 0 Å². The molecule has 0 fully saturated rings. The molecule has 2 atom stereocenters. The van der Waals surface area contributed by atoms with Crippen molar-refractivity contribution >= 4 is 23.6 Å². The van der Waals surface area contributed by atoms with E-state index in [-0.39, 0.29) is 20.3 Å². The minimum absolute atomic E-state index is 0. The summed E-state index contributed by atoms with van der Waals surface area (Å²) in [7, 11) is 0. The van der Waals surface area contributed by atoms with Gasteiger partial charge in [0.2, 0.25) is 0 Å². The molecule has 4 aromatic rings. The van der Waals surface area contributed by atoms with Crippen LogP contribution in [-0.4, -0.2) is 41.6 Å². The molecular formula is C32H34LiNO5S. The molecule has 6 nitrogen and oxygen atoms in total. The van der Waals surface area contributed by atoms with Gasteiger partial charge >= 0.3 is 24.8 Å². The largest absolute Gasteiger partial charge is 1.00 e. The molecule has 4 rings (SSSR count). The van der Waals surface area contributed by atoms with Crippen LogP contribution in [-0.2, 0) is 16.0 Å². The Bertz CT molecular complexity index is 1380. The van der Waals surface area contributed by atoms with Crippen LogP contribution in [0, 0.1) is 6.92 Å². The monoisotopic (exact) mass is 551 g/mol. The fourth-order valence-electron chi connectivity index (χ4n) is 4.47. The molecule has 40 heavy (non-hydrogen) atoms. The molecule has 0 saturated heterocycles. The summed E-state index contributed by atoms with van der Waals surface area (Å²) in [5.74, 6) is -0.172. The molecule has 8 heteroatoms. The van der Waals surface area contributed by atoms with Crippen molar-refractivity contribution in [3.05, 3.63) is 119 Å². The fourth-order valence-corrected chi connectivity index (χ4v) is 4.94. The number of carbonyl (C=O) groups excluding carboxylic acids is 1. The van der Waals surface area contributed by atoms with Gasteiger partial charge in [0.25, 0.3) is 5.91 Å². The van der Waals surface area contributed by atoms with Gasteiger partial charge in [-0.2, -0.15) is 11.8 Å². The van der Waals surface area contributed by atoms with Crippen LogP contribution in [0.4, 0.5) is 0 Å². The summed E-state index contributed by atoms with van der Waals surface area (Å²) in [5.41, 5.74) is 5.03. The van der Waals surface area contributed by atoms with Crippen molar-refractivity contribution in [2.45, 2.75) is 31.9 Å². The van der Waals surface area contributed by atoms with E-state index in [1.165, 1.54) is 5.56 Å². The van der Waals surface area contributed by atoms with Crippen LogP contribution >= 0.6 is 11.8 Å². The summed E-state index contributed by atoms with van der Waals surface area (Å²) in [6.07, 6.45) is 4.14. The van der Waals surface area contributed by atoms with Crippen molar-refractivity contribution in [1.29, 1.82) is 0 Å². The molecule has 0 spiro atoms. The molecule has 0 aliphatic rings. The van der Waals surface area contributed by atoms with E-state index in [1.807, 2.05) is 79.9 Å². The third-order valence-corrected chi connectivity index (χ3v) is 7.20. The number of aryl methyl sites for hydroxylation is 1. The summed E-state index contributed by atoms with van der Waals surface area (Å²) in [6, 6.07) is 26.3.